The molecule has 0 spiro atoms. The smallest absolute Gasteiger partial charge is 0.200 e. The molecule has 9 aromatic rings. The highest BCUT2D eigenvalue weighted by Gasteiger charge is 2.55. The third kappa shape index (κ3) is 14.1. The number of nitrogens with one attached hydrogen (secondary N) is 2. The fourth-order valence-corrected chi connectivity index (χ4v) is 12.4. The van der Waals surface area contributed by atoms with E-state index in [2.05, 4.69) is 58.5 Å². The van der Waals surface area contributed by atoms with E-state index >= 15 is 70.2 Å². The van der Waals surface area contributed by atoms with Gasteiger partial charge in [0.2, 0.25) is 0 Å². The van der Waals surface area contributed by atoms with Crippen molar-refractivity contribution in [2.75, 3.05) is 28.2 Å². The van der Waals surface area contributed by atoms with Crippen LogP contribution < -0.4 is 53.5 Å². The lowest BCUT2D eigenvalue weighted by Crippen LogP contribution is -3.10. The minimum atomic E-state index is -7.22. The standard InChI is InChI=1S/2C24BF20.C9H13N.C8H17N/c2*26-5-1(6(27)14(35)21(42)13(5)34)25(2-7(28)15(36)22(43)16(37)8(2)29,3-9(30)17(38)23(44)18(39)10(3)31)4-11(32)19(40)24(45)20(41)12(4)33;1-10(2)8-9-6-4-3-5-7-9;1-9(2)8-6-4-3-5-7-8/h;;3-7H,8H2,1-2H3;8H,3-7H2,1-2H3/q2*-1;;/p+2. The lowest BCUT2D eigenvalue weighted by Gasteiger charge is -2.44. The first-order valence-electron chi connectivity index (χ1n) is 29.6. The summed E-state index contributed by atoms with van der Waals surface area (Å²) in [6.07, 6.45) is -7.10. The zero-order valence-corrected chi connectivity index (χ0v) is 53.5. The van der Waals surface area contributed by atoms with Gasteiger partial charge in [-0.25, -0.2) is 176 Å². The molecule has 2 N–H and O–H groups in total. The molecule has 1 aliphatic carbocycles. The molecule has 0 bridgehead atoms. The Hall–Kier alpha value is -9.77. The van der Waals surface area contributed by atoms with Crippen LogP contribution in [0.5, 0.6) is 0 Å². The van der Waals surface area contributed by atoms with Crippen molar-refractivity contribution < 1.29 is 185 Å². The van der Waals surface area contributed by atoms with Crippen LogP contribution in [0, 0.1) is 233 Å². The SMILES string of the molecule is C[NH+](C)C1CCCCC1.C[NH+](C)Cc1ccccc1.Fc1c(F)c(F)c([B-](c2c(F)c(F)c(F)c(F)c2F)(c2c(F)c(F)c(F)c(F)c2F)c2c(F)c(F)c(F)c(F)c2F)c(F)c1F.Fc1c(F)c(F)c([B-](c2c(F)c(F)c(F)c(F)c2F)(c2c(F)c(F)c(F)c(F)c2F)c2c(F)c(F)c(F)c(F)c2F)c(F)c1F. The molecule has 0 amide bonds. The summed E-state index contributed by atoms with van der Waals surface area (Å²) in [5.74, 6) is -143. The second-order valence-corrected chi connectivity index (χ2v) is 23.9. The summed E-state index contributed by atoms with van der Waals surface area (Å²) in [6, 6.07) is 11.5. The van der Waals surface area contributed by atoms with E-state index in [-0.39, 0.29) is 0 Å². The second-order valence-electron chi connectivity index (χ2n) is 23.9. The van der Waals surface area contributed by atoms with Gasteiger partial charge < -0.3 is 9.80 Å². The van der Waals surface area contributed by atoms with Crippen molar-refractivity contribution in [1.29, 1.82) is 0 Å². The van der Waals surface area contributed by atoms with Crippen LogP contribution in [-0.2, 0) is 6.54 Å². The molecule has 1 saturated carbocycles. The molecule has 1 fully saturated rings. The number of hydrogen-bond acceptors (Lipinski definition) is 0. The van der Waals surface area contributed by atoms with Gasteiger partial charge in [0.05, 0.1) is 34.2 Å². The van der Waals surface area contributed by atoms with Crippen molar-refractivity contribution >= 4 is 56.0 Å². The van der Waals surface area contributed by atoms with Gasteiger partial charge in [0.25, 0.3) is 0 Å². The molecule has 2 nitrogen and oxygen atoms in total. The normalized spacial score (nSPS) is 12.8. The highest BCUT2D eigenvalue weighted by Crippen LogP contribution is 2.35. The molecule has 0 atom stereocenters. The number of rotatable bonds is 11. The van der Waals surface area contributed by atoms with Gasteiger partial charge in [-0.2, -0.15) is 0 Å². The second kappa shape index (κ2) is 32.4. The topological polar surface area (TPSA) is 8.88 Å². The molecule has 0 aliphatic heterocycles. The number of quaternary nitrogens is 2. The molecule has 0 saturated heterocycles. The lowest BCUT2D eigenvalue weighted by molar-refractivity contribution is -0.887. The maximum absolute atomic E-state index is 15.4. The minimum Gasteiger partial charge on any atom is -0.337 e. The zero-order valence-electron chi connectivity index (χ0n) is 53.5. The van der Waals surface area contributed by atoms with E-state index in [4.69, 9.17) is 0 Å². The monoisotopic (exact) mass is 1620 g/mol. The van der Waals surface area contributed by atoms with E-state index in [1.54, 1.807) is 4.90 Å². The van der Waals surface area contributed by atoms with Crippen LogP contribution in [0.25, 0.3) is 0 Å². The molecule has 44 heteroatoms. The van der Waals surface area contributed by atoms with E-state index in [9.17, 15) is 105 Å². The van der Waals surface area contributed by atoms with Crippen LogP contribution in [0.4, 0.5) is 176 Å². The maximum Gasteiger partial charge on any atom is 0.200 e. The minimum absolute atomic E-state index is 0.971. The third-order valence-corrected chi connectivity index (χ3v) is 17.2. The van der Waals surface area contributed by atoms with Crippen LogP contribution in [0.1, 0.15) is 37.7 Å². The van der Waals surface area contributed by atoms with Crippen molar-refractivity contribution in [3.05, 3.63) is 269 Å². The van der Waals surface area contributed by atoms with Gasteiger partial charge in [0.15, 0.2) is 140 Å². The molecule has 588 valence electrons. The highest BCUT2D eigenvalue weighted by molar-refractivity contribution is 7.21. The summed E-state index contributed by atoms with van der Waals surface area (Å²) in [4.78, 5) is 3.11. The summed E-state index contributed by atoms with van der Waals surface area (Å²) in [7, 11) is 8.87. The summed E-state index contributed by atoms with van der Waals surface area (Å²) < 4.78 is 588. The Morgan fingerprint density at radius 1 is 0.211 bits per heavy atom. The van der Waals surface area contributed by atoms with Gasteiger partial charge in [-0.15, -0.1) is 43.7 Å². The van der Waals surface area contributed by atoms with Crippen LogP contribution >= 0.6 is 0 Å². The molecule has 1 aliphatic rings. The van der Waals surface area contributed by atoms with Crippen molar-refractivity contribution in [2.45, 2.75) is 44.7 Å². The van der Waals surface area contributed by atoms with Crippen LogP contribution in [0.2, 0.25) is 0 Å². The van der Waals surface area contributed by atoms with Gasteiger partial charge in [-0.05, 0) is 25.7 Å². The van der Waals surface area contributed by atoms with Crippen molar-refractivity contribution in [1.82, 2.24) is 0 Å². The quantitative estimate of drug-likeness (QED) is 0.0553. The first kappa shape index (κ1) is 86.5. The molecule has 0 radical (unpaired) electrons. The third-order valence-electron chi connectivity index (χ3n) is 17.2. The Morgan fingerprint density at radius 3 is 0.468 bits per heavy atom. The van der Waals surface area contributed by atoms with Gasteiger partial charge in [0, 0.05) is 5.56 Å². The summed E-state index contributed by atoms with van der Waals surface area (Å²) in [5.41, 5.74) is -27.3. The summed E-state index contributed by atoms with van der Waals surface area (Å²) in [6.45, 7) is 1.11. The molecule has 109 heavy (non-hydrogen) atoms. The van der Waals surface area contributed by atoms with Crippen molar-refractivity contribution in [3.63, 3.8) is 0 Å². The van der Waals surface area contributed by atoms with Crippen LogP contribution in [0.15, 0.2) is 30.3 Å². The van der Waals surface area contributed by atoms with Gasteiger partial charge in [0.1, 0.15) is 112 Å². The van der Waals surface area contributed by atoms with E-state index in [1.807, 2.05) is 0 Å². The highest BCUT2D eigenvalue weighted by atomic mass is 19.2. The molecule has 0 aromatic heterocycles. The zero-order chi connectivity index (χ0) is 82.8. The lowest BCUT2D eigenvalue weighted by atomic mass is 9.12. The van der Waals surface area contributed by atoms with Gasteiger partial charge >= 0.3 is 0 Å². The summed E-state index contributed by atoms with van der Waals surface area (Å²) >= 11 is 0. The molecule has 10 rings (SSSR count). The number of hydrogen-bond donors (Lipinski definition) is 2. The predicted octanol–water partition coefficient (Wildman–Crippen LogP) is 12.5. The van der Waals surface area contributed by atoms with E-state index in [0.29, 0.717) is 0 Å². The number of benzene rings is 9. The number of halogens is 40. The van der Waals surface area contributed by atoms with E-state index in [1.165, 1.54) is 42.6 Å². The Balaban J connectivity index is 0.000000243. The Kier molecular flexibility index (Phi) is 25.7. The van der Waals surface area contributed by atoms with Crippen molar-refractivity contribution in [2.24, 2.45) is 0 Å². The Morgan fingerprint density at radius 2 is 0.349 bits per heavy atom. The molecule has 0 unspecified atom stereocenters. The Labute approximate surface area is 581 Å². The van der Waals surface area contributed by atoms with E-state index in [0.717, 1.165) is 12.6 Å². The predicted molar refractivity (Wildman–Crippen MR) is 301 cm³/mol. The fourth-order valence-electron chi connectivity index (χ4n) is 12.4. The van der Waals surface area contributed by atoms with Gasteiger partial charge in [-0.1, -0.05) is 36.8 Å². The van der Waals surface area contributed by atoms with E-state index < -0.39 is 289 Å². The molecule has 9 aromatic carbocycles. The van der Waals surface area contributed by atoms with Crippen LogP contribution in [-0.4, -0.2) is 46.5 Å². The Bertz CT molecular complexity index is 4060. The largest absolute Gasteiger partial charge is 0.337 e. The van der Waals surface area contributed by atoms with Crippen LogP contribution in [0.3, 0.4) is 0 Å². The average Bonchev–Trinajstić information content (AvgIpc) is 0.686. The first-order valence-corrected chi connectivity index (χ1v) is 29.6. The fraction of sp³-hybridized carbons (Fsp3) is 0.169. The molecular formula is C65H32B2F40N2. The molecular weight excluding hydrogens is 1590 g/mol. The van der Waals surface area contributed by atoms with Gasteiger partial charge in [-0.3, -0.25) is 0 Å². The summed E-state index contributed by atoms with van der Waals surface area (Å²) in [5, 5.41) is 0. The maximum atomic E-state index is 15.4. The molecule has 0 heterocycles. The average molecular weight is 1620 g/mol. The van der Waals surface area contributed by atoms with Crippen molar-refractivity contribution in [3.8, 4) is 0 Å². The first-order chi connectivity index (χ1) is 50.5.